The minimum atomic E-state index is -2.51. The van der Waals surface area contributed by atoms with Gasteiger partial charge in [-0.3, -0.25) is 13.7 Å². The monoisotopic (exact) mass is 584 g/mol. The first kappa shape index (κ1) is 26.6. The molecule has 3 N–H and O–H groups in total. The van der Waals surface area contributed by atoms with Crippen LogP contribution in [0, 0.1) is 12.8 Å². The van der Waals surface area contributed by atoms with E-state index in [9.17, 15) is 23.5 Å². The van der Waals surface area contributed by atoms with Gasteiger partial charge in [0.25, 0.3) is 17.2 Å². The van der Waals surface area contributed by atoms with Crippen molar-refractivity contribution >= 4 is 61.4 Å². The van der Waals surface area contributed by atoms with E-state index in [1.807, 2.05) is 37.3 Å². The van der Waals surface area contributed by atoms with Crippen LogP contribution in [0.1, 0.15) is 30.0 Å². The van der Waals surface area contributed by atoms with Gasteiger partial charge in [-0.15, -0.1) is 0 Å². The summed E-state index contributed by atoms with van der Waals surface area (Å²) in [5.41, 5.74) is 3.98. The van der Waals surface area contributed by atoms with Crippen molar-refractivity contribution in [2.75, 3.05) is 9.62 Å². The Kier molecular flexibility index (Phi) is 7.82. The molecule has 2 unspecified atom stereocenters. The number of fused-ring (bicyclic) bond motifs is 1. The van der Waals surface area contributed by atoms with Crippen LogP contribution in [0.2, 0.25) is 0 Å². The Bertz CT molecular complexity index is 1480. The molecule has 0 aliphatic carbocycles. The lowest BCUT2D eigenvalue weighted by Crippen LogP contribution is -2.45. The first-order chi connectivity index (χ1) is 17.6. The largest absolute Gasteiger partial charge is 0.480 e. The number of amides is 1. The first-order valence-corrected chi connectivity index (χ1v) is 13.3. The summed E-state index contributed by atoms with van der Waals surface area (Å²) in [6.45, 7) is 5.21. The van der Waals surface area contributed by atoms with Crippen molar-refractivity contribution in [1.82, 2.24) is 0 Å². The number of anilines is 2. The second-order valence-corrected chi connectivity index (χ2v) is 10.6. The smallest absolute Gasteiger partial charge is 0.327 e. The molecule has 0 aliphatic heterocycles. The van der Waals surface area contributed by atoms with Crippen LogP contribution in [0.4, 0.5) is 11.4 Å². The molecule has 0 spiro atoms. The summed E-state index contributed by atoms with van der Waals surface area (Å²) in [6.07, 6.45) is 0. The van der Waals surface area contributed by atoms with Crippen LogP contribution in [0.25, 0.3) is 22.1 Å². The van der Waals surface area contributed by atoms with Gasteiger partial charge in [0.1, 0.15) is 11.6 Å². The molecule has 1 amide bonds. The molecule has 192 valence electrons. The fourth-order valence-corrected chi connectivity index (χ4v) is 5.34. The van der Waals surface area contributed by atoms with Crippen LogP contribution in [0.15, 0.2) is 75.6 Å². The van der Waals surface area contributed by atoms with Crippen LogP contribution >= 0.6 is 15.9 Å². The molecule has 1 aromatic heterocycles. The van der Waals surface area contributed by atoms with Crippen LogP contribution < -0.4 is 9.62 Å². The standard InChI is InChI=1S/C27H25BrN2O6S/c1-15(2)24(27(32)33)30(37(34)35)21-11-6-18(7-12-21)17-4-9-20(10-5-17)29-26(31)25-16(3)22-14-19(28)8-13-23(22)36-25/h4-15,24H,1-3H3,(H,29,31)(H,32,33)(H,34,35). The van der Waals surface area contributed by atoms with Gasteiger partial charge in [0.05, 0.1) is 5.69 Å². The molecule has 3 aromatic carbocycles. The topological polar surface area (TPSA) is 120 Å². The number of carbonyl (C=O) groups excluding carboxylic acids is 1. The molecule has 8 nitrogen and oxygen atoms in total. The molecule has 0 radical (unpaired) electrons. The summed E-state index contributed by atoms with van der Waals surface area (Å²) >= 11 is 0.927. The zero-order valence-electron chi connectivity index (χ0n) is 20.3. The summed E-state index contributed by atoms with van der Waals surface area (Å²) in [7, 11) is 0. The second kappa shape index (κ2) is 10.9. The van der Waals surface area contributed by atoms with Gasteiger partial charge in [-0.05, 0) is 66.4 Å². The molecule has 0 fully saturated rings. The van der Waals surface area contributed by atoms with E-state index >= 15 is 0 Å². The Morgan fingerprint density at radius 3 is 2.14 bits per heavy atom. The lowest BCUT2D eigenvalue weighted by atomic mass is 10.0. The predicted octanol–water partition coefficient (Wildman–Crippen LogP) is 6.48. The number of aliphatic carboxylic acids is 1. The third-order valence-corrected chi connectivity index (χ3v) is 7.28. The van der Waals surface area contributed by atoms with Crippen LogP contribution in [-0.4, -0.2) is 31.8 Å². The summed E-state index contributed by atoms with van der Waals surface area (Å²) in [6, 6.07) is 18.3. The minimum Gasteiger partial charge on any atom is -0.480 e. The van der Waals surface area contributed by atoms with Gasteiger partial charge in [0.15, 0.2) is 5.76 Å². The number of halogens is 1. The fourth-order valence-electron chi connectivity index (χ4n) is 4.15. The van der Waals surface area contributed by atoms with Crippen LogP contribution in [-0.2, 0) is 16.1 Å². The van der Waals surface area contributed by atoms with E-state index in [1.165, 1.54) is 0 Å². The molecule has 0 saturated carbocycles. The number of nitrogens with zero attached hydrogens (tertiary/aromatic N) is 1. The maximum atomic E-state index is 12.8. The number of carboxylic acid groups (broad SMARTS) is 1. The Hall–Kier alpha value is -3.47. The van der Waals surface area contributed by atoms with E-state index in [2.05, 4.69) is 21.2 Å². The maximum absolute atomic E-state index is 12.8. The number of carbonyl (C=O) groups is 2. The second-order valence-electron chi connectivity index (χ2n) is 8.86. The number of aryl methyl sites for hydroxylation is 1. The Morgan fingerprint density at radius 1 is 1.00 bits per heavy atom. The molecule has 4 rings (SSSR count). The van der Waals surface area contributed by atoms with Gasteiger partial charge in [0.2, 0.25) is 0 Å². The molecule has 10 heteroatoms. The van der Waals surface area contributed by atoms with Crippen molar-refractivity contribution in [2.24, 2.45) is 5.92 Å². The molecular weight excluding hydrogens is 560 g/mol. The van der Waals surface area contributed by atoms with Gasteiger partial charge in [0, 0.05) is 21.1 Å². The normalized spacial score (nSPS) is 12.9. The maximum Gasteiger partial charge on any atom is 0.327 e. The zero-order chi connectivity index (χ0) is 26.9. The molecular formula is C27H25BrN2O6S. The number of benzene rings is 3. The molecule has 0 saturated heterocycles. The third-order valence-electron chi connectivity index (χ3n) is 6.01. The first-order valence-electron chi connectivity index (χ1n) is 11.4. The molecule has 4 aromatic rings. The number of hydrogen-bond donors (Lipinski definition) is 3. The quantitative estimate of drug-likeness (QED) is 0.204. The highest BCUT2D eigenvalue weighted by molar-refractivity contribution is 9.10. The van der Waals surface area contributed by atoms with Gasteiger partial charge in [-0.25, -0.2) is 9.00 Å². The van der Waals surface area contributed by atoms with Crippen molar-refractivity contribution < 1.29 is 27.9 Å². The molecule has 1 heterocycles. The highest BCUT2D eigenvalue weighted by Gasteiger charge is 2.32. The van der Waals surface area contributed by atoms with E-state index in [-0.39, 0.29) is 17.6 Å². The van der Waals surface area contributed by atoms with Crippen LogP contribution in [0.3, 0.4) is 0 Å². The van der Waals surface area contributed by atoms with Crippen molar-refractivity contribution in [1.29, 1.82) is 0 Å². The fraction of sp³-hybridized carbons (Fsp3) is 0.185. The predicted molar refractivity (Wildman–Crippen MR) is 148 cm³/mol. The van der Waals surface area contributed by atoms with Crippen molar-refractivity contribution in [3.8, 4) is 11.1 Å². The van der Waals surface area contributed by atoms with E-state index in [1.54, 1.807) is 50.2 Å². The van der Waals surface area contributed by atoms with E-state index in [0.29, 0.717) is 17.0 Å². The van der Waals surface area contributed by atoms with Crippen LogP contribution in [0.5, 0.6) is 0 Å². The SMILES string of the molecule is Cc1c(C(=O)Nc2ccc(-c3ccc(N(C(C(=O)O)C(C)C)S(=O)O)cc3)cc2)oc2ccc(Br)cc12. The zero-order valence-corrected chi connectivity index (χ0v) is 22.7. The Morgan fingerprint density at radius 2 is 1.59 bits per heavy atom. The van der Waals surface area contributed by atoms with Crippen molar-refractivity contribution in [2.45, 2.75) is 26.8 Å². The van der Waals surface area contributed by atoms with Crippen molar-refractivity contribution in [3.05, 3.63) is 82.5 Å². The summed E-state index contributed by atoms with van der Waals surface area (Å²) in [5, 5.41) is 13.3. The molecule has 2 atom stereocenters. The van der Waals surface area contributed by atoms with Gasteiger partial charge in [-0.2, -0.15) is 0 Å². The van der Waals surface area contributed by atoms with E-state index in [0.717, 1.165) is 30.9 Å². The summed E-state index contributed by atoms with van der Waals surface area (Å²) in [5.74, 6) is -1.66. The Labute approximate surface area is 224 Å². The van der Waals surface area contributed by atoms with E-state index < -0.39 is 23.3 Å². The number of carboxylic acids is 1. The Balaban J connectivity index is 1.51. The highest BCUT2D eigenvalue weighted by atomic mass is 79.9. The van der Waals surface area contributed by atoms with Crippen molar-refractivity contribution in [3.63, 3.8) is 0 Å². The molecule has 37 heavy (non-hydrogen) atoms. The average molecular weight is 585 g/mol. The minimum absolute atomic E-state index is 0.250. The summed E-state index contributed by atoms with van der Waals surface area (Å²) < 4.78 is 29.4. The van der Waals surface area contributed by atoms with Gasteiger partial charge < -0.3 is 14.8 Å². The van der Waals surface area contributed by atoms with Gasteiger partial charge >= 0.3 is 5.97 Å². The third kappa shape index (κ3) is 5.61. The van der Waals surface area contributed by atoms with Gasteiger partial charge in [-0.1, -0.05) is 54.0 Å². The number of rotatable bonds is 8. The molecule has 0 bridgehead atoms. The number of nitrogens with one attached hydrogen (secondary N) is 1. The number of hydrogen-bond acceptors (Lipinski definition) is 4. The average Bonchev–Trinajstić information content (AvgIpc) is 3.18. The lowest BCUT2D eigenvalue weighted by Gasteiger charge is -2.29. The highest BCUT2D eigenvalue weighted by Crippen LogP contribution is 2.30. The van der Waals surface area contributed by atoms with E-state index in [4.69, 9.17) is 4.42 Å². The molecule has 0 aliphatic rings. The number of furan rings is 1. The summed E-state index contributed by atoms with van der Waals surface area (Å²) in [4.78, 5) is 24.5. The lowest BCUT2D eigenvalue weighted by molar-refractivity contribution is -0.139.